The Kier molecular flexibility index (Phi) is 3.81. The average molecular weight is 246 g/mol. The summed E-state index contributed by atoms with van der Waals surface area (Å²) >= 11 is 5.70. The van der Waals surface area contributed by atoms with Gasteiger partial charge in [-0.05, 0) is 6.07 Å². The fraction of sp³-hybridized carbons (Fsp3) is 0.222. The van der Waals surface area contributed by atoms with Crippen LogP contribution in [0.25, 0.3) is 0 Å². The molecule has 0 aromatic heterocycles. The Bertz CT molecular complexity index is 434. The minimum absolute atomic E-state index is 0.0629. The molecular weight excluding hydrogens is 238 g/mol. The van der Waals surface area contributed by atoms with Crippen molar-refractivity contribution < 1.29 is 19.6 Å². The molecule has 6 nitrogen and oxygen atoms in total. The van der Waals surface area contributed by atoms with Crippen LogP contribution in [0.15, 0.2) is 18.2 Å². The molecule has 86 valence electrons. The molecule has 0 aliphatic heterocycles. The van der Waals surface area contributed by atoms with Crippen molar-refractivity contribution in [1.82, 2.24) is 0 Å². The third-order valence-electron chi connectivity index (χ3n) is 1.92. The van der Waals surface area contributed by atoms with Gasteiger partial charge < -0.3 is 9.84 Å². The molecule has 1 aromatic carbocycles. The van der Waals surface area contributed by atoms with E-state index in [9.17, 15) is 20.0 Å². The molecule has 0 fully saturated rings. The Balaban J connectivity index is 3.30. The van der Waals surface area contributed by atoms with Crippen LogP contribution in [0.1, 0.15) is 11.7 Å². The van der Waals surface area contributed by atoms with Gasteiger partial charge in [0.05, 0.1) is 22.6 Å². The molecule has 1 atom stereocenters. The molecule has 1 rings (SSSR count). The molecule has 0 saturated heterocycles. The van der Waals surface area contributed by atoms with E-state index in [0.29, 0.717) is 0 Å². The number of nitro benzene ring substituents is 1. The van der Waals surface area contributed by atoms with Crippen LogP contribution in [-0.2, 0) is 9.53 Å². The summed E-state index contributed by atoms with van der Waals surface area (Å²) in [4.78, 5) is 21.0. The number of esters is 1. The smallest absolute Gasteiger partial charge is 0.339 e. The van der Waals surface area contributed by atoms with E-state index >= 15 is 0 Å². The van der Waals surface area contributed by atoms with Gasteiger partial charge in [0.1, 0.15) is 0 Å². The van der Waals surface area contributed by atoms with Gasteiger partial charge in [-0.3, -0.25) is 10.1 Å². The van der Waals surface area contributed by atoms with Crippen molar-refractivity contribution in [2.24, 2.45) is 0 Å². The Morgan fingerprint density at radius 3 is 2.75 bits per heavy atom. The van der Waals surface area contributed by atoms with Gasteiger partial charge in [0.25, 0.3) is 5.69 Å². The molecular formula is C9H8ClNO5. The molecule has 16 heavy (non-hydrogen) atoms. The number of ether oxygens (including phenoxy) is 1. The highest BCUT2D eigenvalue weighted by molar-refractivity contribution is 6.32. The lowest BCUT2D eigenvalue weighted by Crippen LogP contribution is -2.15. The van der Waals surface area contributed by atoms with Crippen LogP contribution >= 0.6 is 11.6 Å². The highest BCUT2D eigenvalue weighted by Crippen LogP contribution is 2.32. The third kappa shape index (κ3) is 2.29. The number of aliphatic hydroxyl groups excluding tert-OH is 1. The minimum atomic E-state index is -1.76. The summed E-state index contributed by atoms with van der Waals surface area (Å²) in [5, 5.41) is 20.1. The number of hydrogen-bond donors (Lipinski definition) is 1. The van der Waals surface area contributed by atoms with Crippen molar-refractivity contribution in [2.45, 2.75) is 6.10 Å². The maximum atomic E-state index is 11.1. The standard InChI is InChI=1S/C9H8ClNO5/c1-16-9(13)8(12)7-5(10)3-2-4-6(7)11(14)15/h2-4,8,12H,1H3. The van der Waals surface area contributed by atoms with Crippen molar-refractivity contribution in [3.63, 3.8) is 0 Å². The van der Waals surface area contributed by atoms with Crippen LogP contribution in [0.5, 0.6) is 0 Å². The van der Waals surface area contributed by atoms with Gasteiger partial charge in [-0.2, -0.15) is 0 Å². The second-order valence-electron chi connectivity index (χ2n) is 2.86. The lowest BCUT2D eigenvalue weighted by molar-refractivity contribution is -0.386. The summed E-state index contributed by atoms with van der Waals surface area (Å²) in [6.45, 7) is 0. The number of carbonyl (C=O) groups is 1. The van der Waals surface area contributed by atoms with Crippen molar-refractivity contribution >= 4 is 23.3 Å². The van der Waals surface area contributed by atoms with Crippen LogP contribution in [-0.4, -0.2) is 23.1 Å². The molecule has 1 aromatic rings. The topological polar surface area (TPSA) is 89.7 Å². The largest absolute Gasteiger partial charge is 0.467 e. The predicted molar refractivity (Wildman–Crippen MR) is 55.1 cm³/mol. The van der Waals surface area contributed by atoms with E-state index in [-0.39, 0.29) is 10.6 Å². The first-order valence-corrected chi connectivity index (χ1v) is 4.55. The zero-order valence-electron chi connectivity index (χ0n) is 8.21. The summed E-state index contributed by atoms with van der Waals surface area (Å²) in [7, 11) is 1.06. The third-order valence-corrected chi connectivity index (χ3v) is 2.25. The van der Waals surface area contributed by atoms with Crippen LogP contribution in [0.2, 0.25) is 5.02 Å². The highest BCUT2D eigenvalue weighted by atomic mass is 35.5. The number of rotatable bonds is 3. The summed E-state index contributed by atoms with van der Waals surface area (Å²) in [5.74, 6) is -1.00. The van der Waals surface area contributed by atoms with E-state index < -0.39 is 22.7 Å². The highest BCUT2D eigenvalue weighted by Gasteiger charge is 2.29. The van der Waals surface area contributed by atoms with Gasteiger partial charge in [-0.1, -0.05) is 17.7 Å². The van der Waals surface area contributed by atoms with Gasteiger partial charge in [0.2, 0.25) is 0 Å². The molecule has 0 amide bonds. The molecule has 1 N–H and O–H groups in total. The zero-order valence-corrected chi connectivity index (χ0v) is 8.97. The maximum Gasteiger partial charge on any atom is 0.339 e. The van der Waals surface area contributed by atoms with E-state index in [1.54, 1.807) is 0 Å². The van der Waals surface area contributed by atoms with E-state index in [4.69, 9.17) is 11.6 Å². The Hall–Kier alpha value is -1.66. The van der Waals surface area contributed by atoms with Gasteiger partial charge >= 0.3 is 5.97 Å². The first-order chi connectivity index (χ1) is 7.49. The average Bonchev–Trinajstić information content (AvgIpc) is 2.26. The first-order valence-electron chi connectivity index (χ1n) is 4.17. The lowest BCUT2D eigenvalue weighted by atomic mass is 10.1. The lowest BCUT2D eigenvalue weighted by Gasteiger charge is -2.10. The van der Waals surface area contributed by atoms with Gasteiger partial charge in [-0.25, -0.2) is 4.79 Å². The number of benzene rings is 1. The Labute approximate surface area is 95.6 Å². The number of hydrogen-bond acceptors (Lipinski definition) is 5. The number of methoxy groups -OCH3 is 1. The van der Waals surface area contributed by atoms with E-state index in [1.165, 1.54) is 12.1 Å². The van der Waals surface area contributed by atoms with Crippen LogP contribution in [0.3, 0.4) is 0 Å². The molecule has 0 radical (unpaired) electrons. The van der Waals surface area contributed by atoms with E-state index in [0.717, 1.165) is 13.2 Å². The first kappa shape index (κ1) is 12.4. The fourth-order valence-electron chi connectivity index (χ4n) is 1.19. The molecule has 0 bridgehead atoms. The Morgan fingerprint density at radius 1 is 1.62 bits per heavy atom. The van der Waals surface area contributed by atoms with E-state index in [2.05, 4.69) is 4.74 Å². The Morgan fingerprint density at radius 2 is 2.25 bits per heavy atom. The van der Waals surface area contributed by atoms with E-state index in [1.807, 2.05) is 0 Å². The van der Waals surface area contributed by atoms with Crippen molar-refractivity contribution in [3.8, 4) is 0 Å². The van der Waals surface area contributed by atoms with Crippen LogP contribution < -0.4 is 0 Å². The normalized spacial score (nSPS) is 11.9. The van der Waals surface area contributed by atoms with Crippen LogP contribution in [0, 0.1) is 10.1 Å². The molecule has 0 saturated carbocycles. The van der Waals surface area contributed by atoms with Crippen LogP contribution in [0.4, 0.5) is 5.69 Å². The SMILES string of the molecule is COC(=O)C(O)c1c(Cl)cccc1[N+](=O)[O-]. The second-order valence-corrected chi connectivity index (χ2v) is 3.26. The zero-order chi connectivity index (χ0) is 12.3. The summed E-state index contributed by atoms with van der Waals surface area (Å²) < 4.78 is 4.29. The summed E-state index contributed by atoms with van der Waals surface area (Å²) in [6.07, 6.45) is -1.76. The van der Waals surface area contributed by atoms with Gasteiger partial charge in [0.15, 0.2) is 6.10 Å². The molecule has 1 unspecified atom stereocenters. The second kappa shape index (κ2) is 4.91. The summed E-state index contributed by atoms with van der Waals surface area (Å²) in [6, 6.07) is 3.84. The number of carbonyl (C=O) groups excluding carboxylic acids is 1. The number of nitro groups is 1. The van der Waals surface area contributed by atoms with Crippen molar-refractivity contribution in [2.75, 3.05) is 7.11 Å². The minimum Gasteiger partial charge on any atom is -0.467 e. The van der Waals surface area contributed by atoms with Crippen molar-refractivity contribution in [3.05, 3.63) is 38.9 Å². The molecule has 7 heteroatoms. The van der Waals surface area contributed by atoms with Gasteiger partial charge in [-0.15, -0.1) is 0 Å². The van der Waals surface area contributed by atoms with Crippen molar-refractivity contribution in [1.29, 1.82) is 0 Å². The van der Waals surface area contributed by atoms with Gasteiger partial charge in [0, 0.05) is 6.07 Å². The number of aliphatic hydroxyl groups is 1. The predicted octanol–water partition coefficient (Wildman–Crippen LogP) is 1.45. The number of halogens is 1. The molecule has 0 aliphatic rings. The molecule has 0 heterocycles. The monoisotopic (exact) mass is 245 g/mol. The molecule has 0 spiro atoms. The number of nitrogens with zero attached hydrogens (tertiary/aromatic N) is 1. The fourth-order valence-corrected chi connectivity index (χ4v) is 1.46. The maximum absolute atomic E-state index is 11.1. The molecule has 0 aliphatic carbocycles. The summed E-state index contributed by atoms with van der Waals surface area (Å²) in [5.41, 5.74) is -0.689. The quantitative estimate of drug-likeness (QED) is 0.495.